The number of ether oxygens (including phenoxy) is 2. The molecule has 2 atom stereocenters. The number of benzene rings is 1. The number of furan rings is 1. The maximum atomic E-state index is 13.0. The lowest BCUT2D eigenvalue weighted by Gasteiger charge is -2.34. The van der Waals surface area contributed by atoms with Gasteiger partial charge in [0.2, 0.25) is 10.0 Å². The van der Waals surface area contributed by atoms with Crippen molar-refractivity contribution in [2.75, 3.05) is 19.7 Å². The Balaban J connectivity index is 1.54. The molecule has 1 aromatic heterocycles. The van der Waals surface area contributed by atoms with Gasteiger partial charge in [-0.2, -0.15) is 4.31 Å². The summed E-state index contributed by atoms with van der Waals surface area (Å²) in [6, 6.07) is 7.89. The molecule has 11 nitrogen and oxygen atoms in total. The highest BCUT2D eigenvalue weighted by molar-refractivity contribution is 7.89. The molecule has 33 heavy (non-hydrogen) atoms. The lowest BCUT2D eigenvalue weighted by Crippen LogP contribution is -2.48. The number of hydrogen-bond acceptors (Lipinski definition) is 8. The number of urea groups is 1. The second-order valence-corrected chi connectivity index (χ2v) is 9.43. The predicted molar refractivity (Wildman–Crippen MR) is 115 cm³/mol. The first-order valence-corrected chi connectivity index (χ1v) is 11.6. The molecule has 0 bridgehead atoms. The van der Waals surface area contributed by atoms with Gasteiger partial charge in [0.1, 0.15) is 5.76 Å². The third-order valence-electron chi connectivity index (χ3n) is 4.68. The van der Waals surface area contributed by atoms with Gasteiger partial charge in [0.15, 0.2) is 6.61 Å². The zero-order valence-corrected chi connectivity index (χ0v) is 19.0. The van der Waals surface area contributed by atoms with Crippen molar-refractivity contribution in [3.05, 3.63) is 54.0 Å². The van der Waals surface area contributed by atoms with Gasteiger partial charge in [0.05, 0.1) is 35.5 Å². The van der Waals surface area contributed by atoms with Crippen LogP contribution in [-0.4, -0.2) is 62.5 Å². The van der Waals surface area contributed by atoms with Crippen molar-refractivity contribution in [1.82, 2.24) is 14.9 Å². The molecule has 1 aliphatic heterocycles. The highest BCUT2D eigenvalue weighted by atomic mass is 32.2. The molecule has 1 fully saturated rings. The molecule has 178 valence electrons. The molecule has 1 aliphatic rings. The highest BCUT2D eigenvalue weighted by Gasteiger charge is 2.32. The van der Waals surface area contributed by atoms with Crippen LogP contribution >= 0.6 is 0 Å². The van der Waals surface area contributed by atoms with Crippen LogP contribution in [0.5, 0.6) is 0 Å². The van der Waals surface area contributed by atoms with E-state index in [2.05, 4.69) is 5.32 Å². The van der Waals surface area contributed by atoms with Gasteiger partial charge in [-0.05, 0) is 44.2 Å². The number of carbonyl (C=O) groups excluding carboxylic acids is 3. The third kappa shape index (κ3) is 6.63. The third-order valence-corrected chi connectivity index (χ3v) is 6.51. The van der Waals surface area contributed by atoms with Crippen LogP contribution in [0.2, 0.25) is 0 Å². The molecule has 2 aromatic rings. The van der Waals surface area contributed by atoms with E-state index in [0.717, 1.165) is 0 Å². The smallest absolute Gasteiger partial charge is 0.338 e. The molecule has 3 rings (SSSR count). The number of esters is 1. The molecule has 0 unspecified atom stereocenters. The van der Waals surface area contributed by atoms with E-state index in [4.69, 9.17) is 13.9 Å². The van der Waals surface area contributed by atoms with Crippen molar-refractivity contribution in [1.29, 1.82) is 0 Å². The standard InChI is InChI=1S/C21H25N3O8S/c1-14-11-24(12-15(2)32-14)33(28,29)18-7-3-5-16(9-18)20(26)31-13-19(25)23-21(27)22-10-17-6-4-8-30-17/h3-9,14-15H,10-13H2,1-2H3,(H2,22,23,25,27)/t14-,15-/m1/s1. The molecule has 1 saturated heterocycles. The number of amides is 3. The van der Waals surface area contributed by atoms with E-state index in [1.807, 2.05) is 5.32 Å². The van der Waals surface area contributed by atoms with Crippen molar-refractivity contribution < 1.29 is 36.7 Å². The normalized spacial score (nSPS) is 19.0. The van der Waals surface area contributed by atoms with Crippen LogP contribution in [0.1, 0.15) is 30.0 Å². The summed E-state index contributed by atoms with van der Waals surface area (Å²) in [5, 5.41) is 4.43. The number of sulfonamides is 1. The van der Waals surface area contributed by atoms with Crippen LogP contribution in [0.3, 0.4) is 0 Å². The maximum absolute atomic E-state index is 13.0. The summed E-state index contributed by atoms with van der Waals surface area (Å²) in [7, 11) is -3.85. The Morgan fingerprint density at radius 2 is 1.85 bits per heavy atom. The molecule has 0 radical (unpaired) electrons. The molecular formula is C21H25N3O8S. The summed E-state index contributed by atoms with van der Waals surface area (Å²) in [5.41, 5.74) is -0.0412. The van der Waals surface area contributed by atoms with E-state index in [9.17, 15) is 22.8 Å². The average molecular weight is 480 g/mol. The average Bonchev–Trinajstić information content (AvgIpc) is 3.29. The zero-order valence-electron chi connectivity index (χ0n) is 18.1. The number of imide groups is 1. The van der Waals surface area contributed by atoms with Crippen molar-refractivity contribution in [2.24, 2.45) is 0 Å². The minimum Gasteiger partial charge on any atom is -0.467 e. The zero-order chi connectivity index (χ0) is 24.0. The second kappa shape index (κ2) is 10.6. The summed E-state index contributed by atoms with van der Waals surface area (Å²) < 4.78 is 42.8. The van der Waals surface area contributed by atoms with Gasteiger partial charge in [-0.3, -0.25) is 10.1 Å². The van der Waals surface area contributed by atoms with Gasteiger partial charge in [0, 0.05) is 13.1 Å². The van der Waals surface area contributed by atoms with E-state index in [-0.39, 0.29) is 42.3 Å². The Kier molecular flexibility index (Phi) is 7.84. The lowest BCUT2D eigenvalue weighted by molar-refractivity contribution is -0.123. The Hall–Kier alpha value is -3.22. The minimum absolute atomic E-state index is 0.0412. The molecule has 12 heteroatoms. The molecule has 0 spiro atoms. The van der Waals surface area contributed by atoms with E-state index < -0.39 is 34.5 Å². The fourth-order valence-corrected chi connectivity index (χ4v) is 4.90. The summed E-state index contributed by atoms with van der Waals surface area (Å²) >= 11 is 0. The molecule has 2 N–H and O–H groups in total. The quantitative estimate of drug-likeness (QED) is 0.565. The van der Waals surface area contributed by atoms with Gasteiger partial charge in [-0.15, -0.1) is 0 Å². The van der Waals surface area contributed by atoms with E-state index in [0.29, 0.717) is 5.76 Å². The highest BCUT2D eigenvalue weighted by Crippen LogP contribution is 2.22. The number of nitrogens with one attached hydrogen (secondary N) is 2. The van der Waals surface area contributed by atoms with Crippen molar-refractivity contribution in [3.63, 3.8) is 0 Å². The van der Waals surface area contributed by atoms with Crippen LogP contribution in [0, 0.1) is 0 Å². The van der Waals surface area contributed by atoms with Crippen LogP contribution in [0.4, 0.5) is 4.79 Å². The first-order valence-electron chi connectivity index (χ1n) is 10.2. The van der Waals surface area contributed by atoms with Crippen LogP contribution in [-0.2, 0) is 30.8 Å². The molecule has 0 saturated carbocycles. The number of rotatable bonds is 7. The van der Waals surface area contributed by atoms with Crippen LogP contribution in [0.15, 0.2) is 52.0 Å². The second-order valence-electron chi connectivity index (χ2n) is 7.49. The number of morpholine rings is 1. The van der Waals surface area contributed by atoms with E-state index >= 15 is 0 Å². The lowest BCUT2D eigenvalue weighted by atomic mass is 10.2. The Morgan fingerprint density at radius 3 is 2.52 bits per heavy atom. The Labute approximate surface area is 191 Å². The summed E-state index contributed by atoms with van der Waals surface area (Å²) in [5.74, 6) is -1.25. The van der Waals surface area contributed by atoms with Crippen molar-refractivity contribution in [3.8, 4) is 0 Å². The molecule has 3 amide bonds. The van der Waals surface area contributed by atoms with Gasteiger partial charge in [-0.25, -0.2) is 18.0 Å². The number of nitrogens with zero attached hydrogens (tertiary/aromatic N) is 1. The van der Waals surface area contributed by atoms with Crippen molar-refractivity contribution in [2.45, 2.75) is 37.5 Å². The number of hydrogen-bond donors (Lipinski definition) is 2. The SMILES string of the molecule is C[C@@H]1CN(S(=O)(=O)c2cccc(C(=O)OCC(=O)NC(=O)NCc3ccco3)c2)C[C@@H](C)O1. The van der Waals surface area contributed by atoms with E-state index in [1.54, 1.807) is 26.0 Å². The summed E-state index contributed by atoms with van der Waals surface area (Å²) in [6.45, 7) is 3.33. The topological polar surface area (TPSA) is 144 Å². The number of carbonyl (C=O) groups is 3. The molecule has 2 heterocycles. The predicted octanol–water partition coefficient (Wildman–Crippen LogP) is 1.26. The minimum atomic E-state index is -3.85. The van der Waals surface area contributed by atoms with Gasteiger partial charge >= 0.3 is 12.0 Å². The molecule has 0 aliphatic carbocycles. The fraction of sp³-hybridized carbons (Fsp3) is 0.381. The van der Waals surface area contributed by atoms with Gasteiger partial charge in [-0.1, -0.05) is 6.07 Å². The Morgan fingerprint density at radius 1 is 1.12 bits per heavy atom. The monoisotopic (exact) mass is 479 g/mol. The summed E-state index contributed by atoms with van der Waals surface area (Å²) in [4.78, 5) is 35.8. The van der Waals surface area contributed by atoms with Crippen LogP contribution in [0.25, 0.3) is 0 Å². The Bertz CT molecular complexity index is 1090. The van der Waals surface area contributed by atoms with Crippen molar-refractivity contribution >= 4 is 27.9 Å². The molecular weight excluding hydrogens is 454 g/mol. The summed E-state index contributed by atoms with van der Waals surface area (Å²) in [6.07, 6.45) is 0.930. The van der Waals surface area contributed by atoms with Gasteiger partial charge < -0.3 is 19.2 Å². The van der Waals surface area contributed by atoms with Crippen LogP contribution < -0.4 is 10.6 Å². The molecule has 1 aromatic carbocycles. The largest absolute Gasteiger partial charge is 0.467 e. The first-order chi connectivity index (χ1) is 15.6. The first kappa shape index (κ1) is 24.4. The van der Waals surface area contributed by atoms with Gasteiger partial charge in [0.25, 0.3) is 5.91 Å². The van der Waals surface area contributed by atoms with E-state index in [1.165, 1.54) is 34.8 Å². The maximum Gasteiger partial charge on any atom is 0.338 e. The fourth-order valence-electron chi connectivity index (χ4n) is 3.26.